The van der Waals surface area contributed by atoms with Gasteiger partial charge in [-0.25, -0.2) is 0 Å². The molecule has 0 aliphatic heterocycles. The molecule has 1 rings (SSSR count). The van der Waals surface area contributed by atoms with Crippen molar-refractivity contribution in [2.24, 2.45) is 17.8 Å². The van der Waals surface area contributed by atoms with E-state index in [1.165, 1.54) is 7.11 Å². The quantitative estimate of drug-likeness (QED) is 0.484. The van der Waals surface area contributed by atoms with Gasteiger partial charge in [0.2, 0.25) is 0 Å². The first-order chi connectivity index (χ1) is 6.16. The third-order valence-corrected chi connectivity index (χ3v) is 2.74. The zero-order valence-electron chi connectivity index (χ0n) is 8.62. The number of methoxy groups -OCH3 is 1. The van der Waals surface area contributed by atoms with Crippen molar-refractivity contribution >= 4 is 5.97 Å². The normalized spacial score (nSPS) is 27.7. The second kappa shape index (κ2) is 4.45. The molecule has 0 saturated carbocycles. The van der Waals surface area contributed by atoms with Gasteiger partial charge in [0.1, 0.15) is 0 Å². The van der Waals surface area contributed by atoms with E-state index in [0.717, 1.165) is 12.8 Å². The first-order valence-electron chi connectivity index (χ1n) is 4.91. The lowest BCUT2D eigenvalue weighted by molar-refractivity contribution is -0.147. The van der Waals surface area contributed by atoms with Gasteiger partial charge in [-0.3, -0.25) is 4.79 Å². The van der Waals surface area contributed by atoms with Crippen LogP contribution in [-0.2, 0) is 9.53 Å². The van der Waals surface area contributed by atoms with Crippen molar-refractivity contribution in [3.8, 4) is 0 Å². The molecule has 1 aliphatic rings. The smallest absolute Gasteiger partial charge is 0.309 e. The molecular weight excluding hydrogens is 164 g/mol. The van der Waals surface area contributed by atoms with Gasteiger partial charge in [-0.2, -0.15) is 0 Å². The summed E-state index contributed by atoms with van der Waals surface area (Å²) in [6, 6.07) is 0. The number of rotatable bonds is 2. The zero-order chi connectivity index (χ0) is 9.84. The summed E-state index contributed by atoms with van der Waals surface area (Å²) in [5.74, 6) is 0.903. The molecule has 0 bridgehead atoms. The largest absolute Gasteiger partial charge is 0.469 e. The van der Waals surface area contributed by atoms with Crippen molar-refractivity contribution in [1.29, 1.82) is 0 Å². The molecule has 13 heavy (non-hydrogen) atoms. The van der Waals surface area contributed by atoms with Crippen LogP contribution in [0.2, 0.25) is 0 Å². The van der Waals surface area contributed by atoms with E-state index in [0.29, 0.717) is 11.8 Å². The molecule has 1 aliphatic carbocycles. The third-order valence-electron chi connectivity index (χ3n) is 2.74. The minimum absolute atomic E-state index is 0.0527. The number of hydrogen-bond acceptors (Lipinski definition) is 2. The van der Waals surface area contributed by atoms with Crippen molar-refractivity contribution < 1.29 is 9.53 Å². The first kappa shape index (κ1) is 10.3. The van der Waals surface area contributed by atoms with Crippen molar-refractivity contribution in [3.63, 3.8) is 0 Å². The topological polar surface area (TPSA) is 26.3 Å². The molecule has 74 valence electrons. The molecule has 0 amide bonds. The summed E-state index contributed by atoms with van der Waals surface area (Å²) in [6.07, 6.45) is 6.27. The lowest BCUT2D eigenvalue weighted by atomic mass is 9.77. The van der Waals surface area contributed by atoms with E-state index in [9.17, 15) is 4.79 Å². The van der Waals surface area contributed by atoms with Crippen LogP contribution in [0.25, 0.3) is 0 Å². The maximum absolute atomic E-state index is 11.4. The number of hydrogen-bond donors (Lipinski definition) is 0. The maximum atomic E-state index is 11.4. The highest BCUT2D eigenvalue weighted by molar-refractivity contribution is 5.73. The molecule has 0 heterocycles. The number of carbonyl (C=O) groups excluding carboxylic acids is 1. The molecule has 0 fully saturated rings. The molecule has 0 aromatic rings. The van der Waals surface area contributed by atoms with Gasteiger partial charge >= 0.3 is 5.97 Å². The van der Waals surface area contributed by atoms with Gasteiger partial charge < -0.3 is 4.74 Å². The van der Waals surface area contributed by atoms with Gasteiger partial charge in [0.15, 0.2) is 0 Å². The van der Waals surface area contributed by atoms with Crippen LogP contribution in [0.4, 0.5) is 0 Å². The Labute approximate surface area is 80.0 Å². The predicted molar refractivity (Wildman–Crippen MR) is 52.2 cm³/mol. The zero-order valence-corrected chi connectivity index (χ0v) is 8.62. The fraction of sp³-hybridized carbons (Fsp3) is 0.727. The van der Waals surface area contributed by atoms with Gasteiger partial charge in [-0.05, 0) is 24.7 Å². The van der Waals surface area contributed by atoms with E-state index in [1.807, 2.05) is 0 Å². The number of carbonyl (C=O) groups is 1. The molecule has 0 saturated heterocycles. The summed E-state index contributed by atoms with van der Waals surface area (Å²) >= 11 is 0. The highest BCUT2D eigenvalue weighted by Gasteiger charge is 2.30. The van der Waals surface area contributed by atoms with Gasteiger partial charge in [0.25, 0.3) is 0 Å². The Morgan fingerprint density at radius 3 is 2.77 bits per heavy atom. The monoisotopic (exact) mass is 182 g/mol. The summed E-state index contributed by atoms with van der Waals surface area (Å²) in [6.45, 7) is 4.30. The molecule has 0 radical (unpaired) electrons. The van der Waals surface area contributed by atoms with Gasteiger partial charge in [0, 0.05) is 0 Å². The predicted octanol–water partition coefficient (Wildman–Crippen LogP) is 2.40. The Bertz CT molecular complexity index is 206. The Kier molecular flexibility index (Phi) is 3.52. The van der Waals surface area contributed by atoms with Crippen LogP contribution >= 0.6 is 0 Å². The van der Waals surface area contributed by atoms with Crippen molar-refractivity contribution in [2.75, 3.05) is 7.11 Å². The summed E-state index contributed by atoms with van der Waals surface area (Å²) in [7, 11) is 1.47. The average molecular weight is 182 g/mol. The van der Waals surface area contributed by atoms with E-state index < -0.39 is 0 Å². The molecule has 0 N–H and O–H groups in total. The fourth-order valence-corrected chi connectivity index (χ4v) is 1.97. The van der Waals surface area contributed by atoms with Gasteiger partial charge in [0.05, 0.1) is 13.0 Å². The van der Waals surface area contributed by atoms with Crippen molar-refractivity contribution in [2.45, 2.75) is 26.7 Å². The van der Waals surface area contributed by atoms with Crippen molar-refractivity contribution in [3.05, 3.63) is 12.2 Å². The SMILES string of the molecule is COC(=O)[C@H]1CCC=C[C@H]1C(C)C. The van der Waals surface area contributed by atoms with Crippen LogP contribution in [0, 0.1) is 17.8 Å². The van der Waals surface area contributed by atoms with E-state index in [-0.39, 0.29) is 11.9 Å². The van der Waals surface area contributed by atoms with Crippen LogP contribution in [0.1, 0.15) is 26.7 Å². The molecule has 0 spiro atoms. The van der Waals surface area contributed by atoms with Crippen LogP contribution in [0.3, 0.4) is 0 Å². The first-order valence-corrected chi connectivity index (χ1v) is 4.91. The molecule has 2 nitrogen and oxygen atoms in total. The lowest BCUT2D eigenvalue weighted by Crippen LogP contribution is -2.29. The Morgan fingerprint density at radius 1 is 1.54 bits per heavy atom. The van der Waals surface area contributed by atoms with E-state index >= 15 is 0 Å². The number of esters is 1. The second-order valence-electron chi connectivity index (χ2n) is 3.96. The van der Waals surface area contributed by atoms with E-state index in [2.05, 4.69) is 26.0 Å². The highest BCUT2D eigenvalue weighted by Crippen LogP contribution is 2.31. The molecule has 0 aromatic heterocycles. The number of allylic oxidation sites excluding steroid dienone is 2. The Hall–Kier alpha value is -0.790. The van der Waals surface area contributed by atoms with Gasteiger partial charge in [-0.1, -0.05) is 26.0 Å². The maximum Gasteiger partial charge on any atom is 0.309 e. The lowest BCUT2D eigenvalue weighted by Gasteiger charge is -2.28. The minimum atomic E-state index is -0.0527. The molecule has 2 atom stereocenters. The number of ether oxygens (including phenoxy) is 1. The summed E-state index contributed by atoms with van der Waals surface area (Å²) < 4.78 is 4.80. The minimum Gasteiger partial charge on any atom is -0.469 e. The standard InChI is InChI=1S/C11H18O2/c1-8(2)9-6-4-5-7-10(9)11(12)13-3/h4,6,8-10H,5,7H2,1-3H3/t9-,10-/m0/s1. The van der Waals surface area contributed by atoms with Crippen LogP contribution in [0.15, 0.2) is 12.2 Å². The molecule has 2 heteroatoms. The molecular formula is C11H18O2. The van der Waals surface area contributed by atoms with Crippen LogP contribution < -0.4 is 0 Å². The van der Waals surface area contributed by atoms with Crippen molar-refractivity contribution in [1.82, 2.24) is 0 Å². The fourth-order valence-electron chi connectivity index (χ4n) is 1.97. The Morgan fingerprint density at radius 2 is 2.23 bits per heavy atom. The summed E-state index contributed by atoms with van der Waals surface area (Å²) in [4.78, 5) is 11.4. The third kappa shape index (κ3) is 2.33. The van der Waals surface area contributed by atoms with Crippen LogP contribution in [-0.4, -0.2) is 13.1 Å². The average Bonchev–Trinajstić information content (AvgIpc) is 2.16. The summed E-state index contributed by atoms with van der Waals surface area (Å²) in [5, 5.41) is 0. The Balaban J connectivity index is 2.71. The second-order valence-corrected chi connectivity index (χ2v) is 3.96. The molecule has 0 unspecified atom stereocenters. The van der Waals surface area contributed by atoms with Crippen LogP contribution in [0.5, 0.6) is 0 Å². The van der Waals surface area contributed by atoms with Gasteiger partial charge in [-0.15, -0.1) is 0 Å². The van der Waals surface area contributed by atoms with E-state index in [1.54, 1.807) is 0 Å². The summed E-state index contributed by atoms with van der Waals surface area (Å²) in [5.41, 5.74) is 0. The molecule has 0 aromatic carbocycles. The highest BCUT2D eigenvalue weighted by atomic mass is 16.5. The van der Waals surface area contributed by atoms with E-state index in [4.69, 9.17) is 4.74 Å².